The first-order valence-corrected chi connectivity index (χ1v) is 11.6. The smallest absolute Gasteiger partial charge is 0.188 e. The second-order valence-electron chi connectivity index (χ2n) is 8.41. The maximum absolute atomic E-state index is 12.9. The van der Waals surface area contributed by atoms with E-state index in [1.165, 1.54) is 16.7 Å². The van der Waals surface area contributed by atoms with Gasteiger partial charge >= 0.3 is 0 Å². The molecule has 2 nitrogen and oxygen atoms in total. The second-order valence-corrected chi connectivity index (χ2v) is 8.41. The molecular formula is C32H26NO. The largest absolute Gasteiger partial charge is 0.384 e. The summed E-state index contributed by atoms with van der Waals surface area (Å²) >= 11 is 0. The van der Waals surface area contributed by atoms with Crippen LogP contribution in [0.1, 0.15) is 17.0 Å². The molecule has 165 valence electrons. The summed E-state index contributed by atoms with van der Waals surface area (Å²) in [5, 5.41) is 16.4. The summed E-state index contributed by atoms with van der Waals surface area (Å²) in [5.41, 5.74) is 7.30. The van der Waals surface area contributed by atoms with Gasteiger partial charge in [0.05, 0.1) is 0 Å². The van der Waals surface area contributed by atoms with Gasteiger partial charge in [-0.25, -0.2) is 0 Å². The lowest BCUT2D eigenvalue weighted by Gasteiger charge is -2.20. The Kier molecular flexibility index (Phi) is 6.40. The van der Waals surface area contributed by atoms with Gasteiger partial charge in [-0.1, -0.05) is 115 Å². The molecule has 0 fully saturated rings. The summed E-state index contributed by atoms with van der Waals surface area (Å²) < 4.78 is 0. The highest BCUT2D eigenvalue weighted by Crippen LogP contribution is 2.34. The van der Waals surface area contributed by atoms with Crippen LogP contribution in [0.15, 0.2) is 133 Å². The van der Waals surface area contributed by atoms with Gasteiger partial charge in [0.2, 0.25) is 0 Å². The maximum Gasteiger partial charge on any atom is 0.188 e. The lowest BCUT2D eigenvalue weighted by molar-refractivity contribution is 0.357. The van der Waals surface area contributed by atoms with Crippen LogP contribution in [0.4, 0.5) is 5.69 Å². The third-order valence-corrected chi connectivity index (χ3v) is 6.20. The van der Waals surface area contributed by atoms with Gasteiger partial charge < -0.3 is 5.32 Å². The van der Waals surface area contributed by atoms with E-state index in [9.17, 15) is 5.11 Å². The molecule has 0 aromatic heterocycles. The van der Waals surface area contributed by atoms with Gasteiger partial charge in [0.25, 0.3) is 0 Å². The number of rotatable bonds is 7. The summed E-state index contributed by atoms with van der Waals surface area (Å²) in [5.74, 6) is 0.219. The van der Waals surface area contributed by atoms with Crippen LogP contribution in [0, 0.1) is 0 Å². The van der Waals surface area contributed by atoms with Gasteiger partial charge in [-0.2, -0.15) is 0 Å². The van der Waals surface area contributed by atoms with Gasteiger partial charge in [-0.15, -0.1) is 0 Å². The van der Waals surface area contributed by atoms with Gasteiger partial charge in [0, 0.05) is 29.8 Å². The van der Waals surface area contributed by atoms with E-state index < -0.39 is 0 Å². The molecular weight excluding hydrogens is 414 g/mol. The molecule has 0 aliphatic rings. The fourth-order valence-electron chi connectivity index (χ4n) is 4.36. The summed E-state index contributed by atoms with van der Waals surface area (Å²) in [6.45, 7) is 0.707. The molecule has 1 N–H and O–H groups in total. The average molecular weight is 441 g/mol. The van der Waals surface area contributed by atoms with E-state index in [1.54, 1.807) is 6.07 Å². The minimum absolute atomic E-state index is 0.0217. The van der Waals surface area contributed by atoms with Crippen LogP contribution in [0.25, 0.3) is 22.3 Å². The normalized spacial score (nSPS) is 10.9. The number of anilines is 1. The van der Waals surface area contributed by atoms with E-state index >= 15 is 0 Å². The molecule has 1 radical (unpaired) electrons. The predicted molar refractivity (Wildman–Crippen MR) is 141 cm³/mol. The molecule has 5 aromatic carbocycles. The number of benzene rings is 5. The molecule has 0 spiro atoms. The van der Waals surface area contributed by atoms with Crippen molar-refractivity contribution in [3.05, 3.63) is 145 Å². The van der Waals surface area contributed by atoms with Gasteiger partial charge in [0.15, 0.2) is 5.75 Å². The molecule has 34 heavy (non-hydrogen) atoms. The third-order valence-electron chi connectivity index (χ3n) is 6.20. The van der Waals surface area contributed by atoms with E-state index in [0.29, 0.717) is 12.1 Å². The molecule has 0 heterocycles. The van der Waals surface area contributed by atoms with Crippen molar-refractivity contribution < 1.29 is 5.11 Å². The second kappa shape index (κ2) is 10.1. The monoisotopic (exact) mass is 440 g/mol. The molecule has 0 amide bonds. The molecule has 0 bridgehead atoms. The predicted octanol–water partition coefficient (Wildman–Crippen LogP) is 8.41. The van der Waals surface area contributed by atoms with Crippen molar-refractivity contribution in [2.75, 3.05) is 11.9 Å². The van der Waals surface area contributed by atoms with Crippen LogP contribution < -0.4 is 5.32 Å². The highest BCUT2D eigenvalue weighted by Gasteiger charge is 2.14. The molecule has 0 saturated carbocycles. The molecule has 5 rings (SSSR count). The molecule has 5 aromatic rings. The van der Waals surface area contributed by atoms with E-state index in [1.807, 2.05) is 54.6 Å². The highest BCUT2D eigenvalue weighted by molar-refractivity contribution is 5.75. The first-order valence-electron chi connectivity index (χ1n) is 11.6. The van der Waals surface area contributed by atoms with Crippen molar-refractivity contribution in [3.63, 3.8) is 0 Å². The van der Waals surface area contributed by atoms with E-state index in [2.05, 4.69) is 78.1 Å². The average Bonchev–Trinajstić information content (AvgIpc) is 2.91. The Morgan fingerprint density at radius 2 is 1.03 bits per heavy atom. The van der Waals surface area contributed by atoms with Crippen LogP contribution in [-0.4, -0.2) is 6.54 Å². The minimum atomic E-state index is 0.0217. The van der Waals surface area contributed by atoms with Gasteiger partial charge in [0.1, 0.15) is 0 Å². The van der Waals surface area contributed by atoms with Crippen molar-refractivity contribution in [3.8, 4) is 28.0 Å². The van der Waals surface area contributed by atoms with E-state index in [4.69, 9.17) is 0 Å². The Morgan fingerprint density at radius 3 is 1.59 bits per heavy atom. The van der Waals surface area contributed by atoms with Crippen molar-refractivity contribution in [1.82, 2.24) is 0 Å². The first-order chi connectivity index (χ1) is 16.8. The van der Waals surface area contributed by atoms with Crippen molar-refractivity contribution >= 4 is 5.69 Å². The Bertz CT molecular complexity index is 1290. The Balaban J connectivity index is 1.33. The van der Waals surface area contributed by atoms with Crippen LogP contribution >= 0.6 is 0 Å². The minimum Gasteiger partial charge on any atom is -0.384 e. The first kappa shape index (κ1) is 21.5. The number of hydrogen-bond donors (Lipinski definition) is 1. The molecule has 0 atom stereocenters. The molecule has 0 unspecified atom stereocenters. The molecule has 2 heteroatoms. The van der Waals surface area contributed by atoms with Crippen molar-refractivity contribution in [2.45, 2.75) is 5.92 Å². The summed E-state index contributed by atoms with van der Waals surface area (Å²) in [7, 11) is 0. The number of hydrogen-bond acceptors (Lipinski definition) is 1. The SMILES string of the molecule is [O]c1cc(NCC(c2ccccc2)c2ccccc2)ccc1-c1ccc(-c2ccccc2)cc1. The van der Waals surface area contributed by atoms with E-state index in [-0.39, 0.29) is 11.7 Å². The quantitative estimate of drug-likeness (QED) is 0.271. The van der Waals surface area contributed by atoms with Crippen molar-refractivity contribution in [2.24, 2.45) is 0 Å². The van der Waals surface area contributed by atoms with Gasteiger partial charge in [-0.3, -0.25) is 5.11 Å². The topological polar surface area (TPSA) is 31.9 Å². The summed E-state index contributed by atoms with van der Waals surface area (Å²) in [6.07, 6.45) is 0. The Labute approximate surface area is 201 Å². The Morgan fingerprint density at radius 1 is 0.529 bits per heavy atom. The van der Waals surface area contributed by atoms with Gasteiger partial charge in [-0.05, 0) is 39.9 Å². The Hall–Kier alpha value is -4.30. The fraction of sp³-hybridized carbons (Fsp3) is 0.0625. The van der Waals surface area contributed by atoms with Crippen molar-refractivity contribution in [1.29, 1.82) is 0 Å². The lowest BCUT2D eigenvalue weighted by Crippen LogP contribution is -2.14. The van der Waals surface area contributed by atoms with E-state index in [0.717, 1.165) is 16.8 Å². The summed E-state index contributed by atoms with van der Waals surface area (Å²) in [4.78, 5) is 0. The molecule has 0 aliphatic carbocycles. The third kappa shape index (κ3) is 4.87. The van der Waals surface area contributed by atoms with Crippen LogP contribution in [0.2, 0.25) is 0 Å². The molecule has 0 aliphatic heterocycles. The van der Waals surface area contributed by atoms with Crippen LogP contribution in [0.3, 0.4) is 0 Å². The summed E-state index contributed by atoms with van der Waals surface area (Å²) in [6, 6.07) is 45.0. The standard InChI is InChI=1S/C32H26NO/c34-32-22-29(33-23-31(26-12-6-2-7-13-26)27-14-8-3-9-15-27)20-21-30(32)28-18-16-25(17-19-28)24-10-4-1-5-11-24/h1-22,31,33H,23H2. The highest BCUT2D eigenvalue weighted by atomic mass is 16.3. The lowest BCUT2D eigenvalue weighted by atomic mass is 9.91. The number of nitrogens with one attached hydrogen (secondary N) is 1. The fourth-order valence-corrected chi connectivity index (χ4v) is 4.36. The zero-order chi connectivity index (χ0) is 23.2. The zero-order valence-electron chi connectivity index (χ0n) is 18.9. The zero-order valence-corrected chi connectivity index (χ0v) is 18.9. The maximum atomic E-state index is 12.9. The molecule has 0 saturated heterocycles. The van der Waals surface area contributed by atoms with Crippen LogP contribution in [-0.2, 0) is 5.11 Å². The van der Waals surface area contributed by atoms with Crippen LogP contribution in [0.5, 0.6) is 5.75 Å².